The summed E-state index contributed by atoms with van der Waals surface area (Å²) in [4.78, 5) is 12.1. The van der Waals surface area contributed by atoms with Crippen LogP contribution < -0.4 is 15.8 Å². The third-order valence-electron chi connectivity index (χ3n) is 5.01. The van der Waals surface area contributed by atoms with Gasteiger partial charge >= 0.3 is 0 Å². The van der Waals surface area contributed by atoms with Crippen LogP contribution >= 0.6 is 11.6 Å². The highest BCUT2D eigenvalue weighted by molar-refractivity contribution is 6.36. The van der Waals surface area contributed by atoms with E-state index in [2.05, 4.69) is 5.32 Å². The van der Waals surface area contributed by atoms with E-state index in [-0.39, 0.29) is 17.2 Å². The van der Waals surface area contributed by atoms with Crippen LogP contribution in [0.15, 0.2) is 60.4 Å². The summed E-state index contributed by atoms with van der Waals surface area (Å²) in [5, 5.41) is 13.1. The summed E-state index contributed by atoms with van der Waals surface area (Å²) in [6.45, 7) is 1.49. The average Bonchev–Trinajstić information content (AvgIpc) is 3.02. The number of methoxy groups -OCH3 is 1. The molecular formula is C23H19ClN2O3. The topological polar surface area (TPSA) is 84.6 Å². The van der Waals surface area contributed by atoms with Gasteiger partial charge in [0, 0.05) is 16.7 Å². The SMILES string of the molecule is COc1cccc(-c2ccc(-c3cc4c(cc3Cl)NC(=O)/C4=C(\C)O)cc2)c1N. The maximum absolute atomic E-state index is 12.1. The number of nitrogen functional groups attached to an aromatic ring is 1. The number of benzene rings is 3. The third-order valence-corrected chi connectivity index (χ3v) is 5.32. The molecule has 3 aromatic rings. The molecule has 29 heavy (non-hydrogen) atoms. The number of allylic oxidation sites excluding steroid dienone is 1. The fourth-order valence-corrected chi connectivity index (χ4v) is 3.85. The minimum Gasteiger partial charge on any atom is -0.512 e. The number of rotatable bonds is 3. The molecule has 0 aliphatic carbocycles. The number of aliphatic hydroxyl groups is 1. The van der Waals surface area contributed by atoms with E-state index in [1.165, 1.54) is 6.92 Å². The second kappa shape index (κ2) is 7.18. The van der Waals surface area contributed by atoms with Crippen LogP contribution in [-0.4, -0.2) is 18.1 Å². The van der Waals surface area contributed by atoms with Crippen LogP contribution in [0.1, 0.15) is 12.5 Å². The molecule has 146 valence electrons. The fraction of sp³-hybridized carbons (Fsp3) is 0.0870. The van der Waals surface area contributed by atoms with Gasteiger partial charge in [0.15, 0.2) is 0 Å². The third kappa shape index (κ3) is 3.19. The van der Waals surface area contributed by atoms with Crippen molar-refractivity contribution in [1.82, 2.24) is 0 Å². The highest BCUT2D eigenvalue weighted by atomic mass is 35.5. The van der Waals surface area contributed by atoms with Gasteiger partial charge in [0.05, 0.1) is 29.1 Å². The maximum Gasteiger partial charge on any atom is 0.259 e. The molecule has 1 aliphatic heterocycles. The molecule has 5 nitrogen and oxygen atoms in total. The Hall–Kier alpha value is -3.44. The highest BCUT2D eigenvalue weighted by Gasteiger charge is 2.28. The first-order valence-electron chi connectivity index (χ1n) is 8.99. The van der Waals surface area contributed by atoms with Crippen LogP contribution in [0.2, 0.25) is 5.02 Å². The van der Waals surface area contributed by atoms with Gasteiger partial charge in [-0.1, -0.05) is 48.0 Å². The zero-order chi connectivity index (χ0) is 20.7. The summed E-state index contributed by atoms with van der Waals surface area (Å²) >= 11 is 6.47. The van der Waals surface area contributed by atoms with Gasteiger partial charge in [-0.05, 0) is 36.2 Å². The minimum atomic E-state index is -0.336. The number of aliphatic hydroxyl groups excluding tert-OH is 1. The fourth-order valence-electron chi connectivity index (χ4n) is 3.57. The molecule has 0 unspecified atom stereocenters. The first-order chi connectivity index (χ1) is 13.9. The van der Waals surface area contributed by atoms with E-state index < -0.39 is 0 Å². The number of nitrogens with one attached hydrogen (secondary N) is 1. The lowest BCUT2D eigenvalue weighted by Gasteiger charge is -2.12. The van der Waals surface area contributed by atoms with Crippen LogP contribution in [0.5, 0.6) is 5.75 Å². The summed E-state index contributed by atoms with van der Waals surface area (Å²) in [5.41, 5.74) is 11.8. The summed E-state index contributed by atoms with van der Waals surface area (Å²) in [6, 6.07) is 17.0. The lowest BCUT2D eigenvalue weighted by atomic mass is 9.96. The number of fused-ring (bicyclic) bond motifs is 1. The van der Waals surface area contributed by atoms with Gasteiger partial charge in [0.1, 0.15) is 11.5 Å². The standard InChI is InChI=1S/C23H19ClN2O3/c1-12(27)21-17-10-16(18(24)11-19(17)26-23(21)28)14-8-6-13(7-9-14)15-4-3-5-20(29-2)22(15)25/h3-11,27H,25H2,1-2H3,(H,26,28)/b21-12+. The first-order valence-corrected chi connectivity index (χ1v) is 9.37. The number of carbonyl (C=O) groups excluding carboxylic acids is 1. The van der Waals surface area contributed by atoms with Gasteiger partial charge in [0.2, 0.25) is 0 Å². The Labute approximate surface area is 173 Å². The number of amides is 1. The number of nitrogens with two attached hydrogens (primary N) is 1. The summed E-state index contributed by atoms with van der Waals surface area (Å²) < 4.78 is 5.30. The Kier molecular flexibility index (Phi) is 4.68. The Bertz CT molecular complexity index is 1160. The highest BCUT2D eigenvalue weighted by Crippen LogP contribution is 2.41. The molecule has 0 radical (unpaired) electrons. The molecule has 0 fully saturated rings. The maximum atomic E-state index is 12.1. The number of para-hydroxylation sites is 1. The van der Waals surface area contributed by atoms with Crippen LogP contribution in [0.4, 0.5) is 11.4 Å². The van der Waals surface area contributed by atoms with Gasteiger partial charge in [0.25, 0.3) is 5.91 Å². The first kappa shape index (κ1) is 18.9. The number of ether oxygens (including phenoxy) is 1. The van der Waals surface area contributed by atoms with E-state index in [1.54, 1.807) is 13.2 Å². The number of anilines is 2. The van der Waals surface area contributed by atoms with E-state index in [9.17, 15) is 9.90 Å². The number of carbonyl (C=O) groups is 1. The molecule has 1 heterocycles. The summed E-state index contributed by atoms with van der Waals surface area (Å²) in [6.07, 6.45) is 0. The Morgan fingerprint density at radius 2 is 1.69 bits per heavy atom. The second-order valence-electron chi connectivity index (χ2n) is 6.79. The van der Waals surface area contributed by atoms with Crippen LogP contribution in [0, 0.1) is 0 Å². The van der Waals surface area contributed by atoms with Gasteiger partial charge in [-0.2, -0.15) is 0 Å². The minimum absolute atomic E-state index is 0.0293. The molecule has 0 saturated carbocycles. The molecule has 0 spiro atoms. The van der Waals surface area contributed by atoms with Crippen molar-refractivity contribution in [3.05, 3.63) is 70.9 Å². The molecule has 0 aromatic heterocycles. The Morgan fingerprint density at radius 1 is 1.03 bits per heavy atom. The predicted octanol–water partition coefficient (Wildman–Crippen LogP) is 5.51. The van der Waals surface area contributed by atoms with Crippen LogP contribution in [0.3, 0.4) is 0 Å². The molecule has 3 aromatic carbocycles. The van der Waals surface area contributed by atoms with E-state index >= 15 is 0 Å². The van der Waals surface area contributed by atoms with E-state index in [4.69, 9.17) is 22.1 Å². The summed E-state index contributed by atoms with van der Waals surface area (Å²) in [7, 11) is 1.59. The van der Waals surface area contributed by atoms with Crippen molar-refractivity contribution in [3.63, 3.8) is 0 Å². The lowest BCUT2D eigenvalue weighted by Crippen LogP contribution is -2.05. The van der Waals surface area contributed by atoms with Crippen molar-refractivity contribution >= 4 is 34.5 Å². The smallest absolute Gasteiger partial charge is 0.259 e. The molecule has 4 N–H and O–H groups in total. The van der Waals surface area contributed by atoms with Crippen molar-refractivity contribution in [2.45, 2.75) is 6.92 Å². The largest absolute Gasteiger partial charge is 0.512 e. The Morgan fingerprint density at radius 3 is 2.31 bits per heavy atom. The number of halogens is 1. The van der Waals surface area contributed by atoms with Gasteiger partial charge in [-0.15, -0.1) is 0 Å². The average molecular weight is 407 g/mol. The van der Waals surface area contributed by atoms with Crippen molar-refractivity contribution in [2.75, 3.05) is 18.2 Å². The van der Waals surface area contributed by atoms with Crippen LogP contribution in [-0.2, 0) is 4.79 Å². The van der Waals surface area contributed by atoms with E-state index in [1.807, 2.05) is 48.5 Å². The molecule has 1 amide bonds. The van der Waals surface area contributed by atoms with E-state index in [0.717, 1.165) is 22.3 Å². The van der Waals surface area contributed by atoms with Crippen LogP contribution in [0.25, 0.3) is 27.8 Å². The normalized spacial score (nSPS) is 14.4. The van der Waals surface area contributed by atoms with Crippen molar-refractivity contribution in [3.8, 4) is 28.0 Å². The Balaban J connectivity index is 1.77. The van der Waals surface area contributed by atoms with E-state index in [0.29, 0.717) is 27.7 Å². The number of hydrogen-bond donors (Lipinski definition) is 3. The quantitative estimate of drug-likeness (QED) is 0.304. The molecular weight excluding hydrogens is 388 g/mol. The van der Waals surface area contributed by atoms with Gasteiger partial charge < -0.3 is 20.9 Å². The number of hydrogen-bond acceptors (Lipinski definition) is 4. The molecule has 6 heteroatoms. The zero-order valence-corrected chi connectivity index (χ0v) is 16.7. The summed E-state index contributed by atoms with van der Waals surface area (Å²) in [5.74, 6) is 0.263. The molecule has 4 rings (SSSR count). The molecule has 0 saturated heterocycles. The predicted molar refractivity (Wildman–Crippen MR) is 117 cm³/mol. The van der Waals surface area contributed by atoms with Crippen molar-refractivity contribution in [1.29, 1.82) is 0 Å². The monoisotopic (exact) mass is 406 g/mol. The van der Waals surface area contributed by atoms with Crippen molar-refractivity contribution in [2.24, 2.45) is 0 Å². The van der Waals surface area contributed by atoms with Crippen molar-refractivity contribution < 1.29 is 14.6 Å². The zero-order valence-electron chi connectivity index (χ0n) is 15.9. The van der Waals surface area contributed by atoms with Gasteiger partial charge in [-0.3, -0.25) is 4.79 Å². The molecule has 0 bridgehead atoms. The lowest BCUT2D eigenvalue weighted by molar-refractivity contribution is -0.110. The molecule has 0 atom stereocenters. The second-order valence-corrected chi connectivity index (χ2v) is 7.20. The molecule has 1 aliphatic rings. The van der Waals surface area contributed by atoms with Gasteiger partial charge in [-0.25, -0.2) is 0 Å².